The van der Waals surface area contributed by atoms with Crippen molar-refractivity contribution in [2.24, 2.45) is 7.05 Å². The second-order valence-electron chi connectivity index (χ2n) is 8.18. The smallest absolute Gasteiger partial charge is 0.356 e. The molecule has 6 heteroatoms. The Kier molecular flexibility index (Phi) is 6.54. The van der Waals surface area contributed by atoms with Gasteiger partial charge >= 0.3 is 6.18 Å². The van der Waals surface area contributed by atoms with E-state index in [9.17, 15) is 18.0 Å². The van der Waals surface area contributed by atoms with E-state index in [4.69, 9.17) is 0 Å². The number of nitrogens with zero attached hydrogens (tertiary/aromatic N) is 1. The number of nitrogens with one attached hydrogen (secondary N) is 1. The number of para-hydroxylation sites is 1. The first-order chi connectivity index (χ1) is 15.8. The lowest BCUT2D eigenvalue weighted by Gasteiger charge is -2.19. The lowest BCUT2D eigenvalue weighted by Crippen LogP contribution is -2.27. The summed E-state index contributed by atoms with van der Waals surface area (Å²) in [6, 6.07) is 22.8. The molecule has 33 heavy (non-hydrogen) atoms. The van der Waals surface area contributed by atoms with Gasteiger partial charge < -0.3 is 9.88 Å². The van der Waals surface area contributed by atoms with Gasteiger partial charge in [-0.15, -0.1) is 0 Å². The van der Waals surface area contributed by atoms with E-state index in [-0.39, 0.29) is 12.3 Å². The zero-order chi connectivity index (χ0) is 23.4. The largest absolute Gasteiger partial charge is 0.416 e. The van der Waals surface area contributed by atoms with Gasteiger partial charge in [-0.1, -0.05) is 66.7 Å². The first kappa shape index (κ1) is 22.6. The van der Waals surface area contributed by atoms with E-state index >= 15 is 0 Å². The van der Waals surface area contributed by atoms with Crippen molar-refractivity contribution < 1.29 is 18.0 Å². The molecule has 1 N–H and O–H groups in total. The number of aryl methyl sites for hydroxylation is 1. The summed E-state index contributed by atoms with van der Waals surface area (Å²) in [6.45, 7) is 0.466. The number of benzene rings is 3. The Hall–Kier alpha value is -3.54. The summed E-state index contributed by atoms with van der Waals surface area (Å²) in [5.74, 6) is -0.698. The van der Waals surface area contributed by atoms with E-state index < -0.39 is 17.7 Å². The van der Waals surface area contributed by atoms with Gasteiger partial charge in [-0.05, 0) is 35.2 Å². The Morgan fingerprint density at radius 1 is 0.970 bits per heavy atom. The van der Waals surface area contributed by atoms with Crippen LogP contribution >= 0.6 is 0 Å². The minimum Gasteiger partial charge on any atom is -0.356 e. The second kappa shape index (κ2) is 9.53. The topological polar surface area (TPSA) is 34.0 Å². The van der Waals surface area contributed by atoms with Gasteiger partial charge in [0.1, 0.15) is 0 Å². The van der Waals surface area contributed by atoms with Gasteiger partial charge in [-0.3, -0.25) is 4.79 Å². The Morgan fingerprint density at radius 3 is 2.45 bits per heavy atom. The van der Waals surface area contributed by atoms with Crippen molar-refractivity contribution in [1.82, 2.24) is 9.88 Å². The summed E-state index contributed by atoms with van der Waals surface area (Å²) in [7, 11) is 1.90. The molecule has 0 aliphatic rings. The van der Waals surface area contributed by atoms with Crippen molar-refractivity contribution in [1.29, 1.82) is 0 Å². The highest BCUT2D eigenvalue weighted by atomic mass is 19.4. The molecule has 0 saturated carbocycles. The first-order valence-electron chi connectivity index (χ1n) is 10.8. The summed E-state index contributed by atoms with van der Waals surface area (Å²) in [4.78, 5) is 12.9. The van der Waals surface area contributed by atoms with Crippen molar-refractivity contribution >= 4 is 16.8 Å². The zero-order valence-corrected chi connectivity index (χ0v) is 18.3. The van der Waals surface area contributed by atoms with E-state index in [0.29, 0.717) is 18.5 Å². The number of aromatic nitrogens is 1. The van der Waals surface area contributed by atoms with Gasteiger partial charge in [-0.25, -0.2) is 0 Å². The van der Waals surface area contributed by atoms with Crippen LogP contribution in [-0.4, -0.2) is 17.0 Å². The molecule has 3 nitrogen and oxygen atoms in total. The molecule has 0 spiro atoms. The van der Waals surface area contributed by atoms with E-state index in [2.05, 4.69) is 5.32 Å². The Bertz CT molecular complexity index is 1250. The molecular formula is C27H25F3N2O. The van der Waals surface area contributed by atoms with E-state index in [0.717, 1.165) is 34.2 Å². The predicted octanol–water partition coefficient (Wildman–Crippen LogP) is 6.08. The van der Waals surface area contributed by atoms with Crippen molar-refractivity contribution in [3.05, 3.63) is 107 Å². The number of carbonyl (C=O) groups excluding carboxylic acids is 1. The van der Waals surface area contributed by atoms with Crippen LogP contribution in [-0.2, 0) is 24.4 Å². The molecule has 0 saturated heterocycles. The van der Waals surface area contributed by atoms with Gasteiger partial charge in [0.2, 0.25) is 5.91 Å². The Labute approximate surface area is 190 Å². The van der Waals surface area contributed by atoms with Crippen LogP contribution in [0.15, 0.2) is 85.1 Å². The van der Waals surface area contributed by atoms with Crippen LogP contribution in [0.4, 0.5) is 13.2 Å². The van der Waals surface area contributed by atoms with Crippen molar-refractivity contribution in [2.75, 3.05) is 6.54 Å². The van der Waals surface area contributed by atoms with Crippen LogP contribution in [0.2, 0.25) is 0 Å². The van der Waals surface area contributed by atoms with E-state index in [1.165, 1.54) is 6.07 Å². The Balaban J connectivity index is 1.62. The normalized spacial score (nSPS) is 12.6. The molecule has 1 aromatic heterocycles. The summed E-state index contributed by atoms with van der Waals surface area (Å²) in [6.07, 6.45) is -1.79. The number of halogens is 3. The average Bonchev–Trinajstić information content (AvgIpc) is 3.14. The third-order valence-corrected chi connectivity index (χ3v) is 5.89. The van der Waals surface area contributed by atoms with Crippen molar-refractivity contribution in [3.63, 3.8) is 0 Å². The number of alkyl halides is 3. The third-order valence-electron chi connectivity index (χ3n) is 5.89. The average molecular weight is 451 g/mol. The Morgan fingerprint density at radius 2 is 1.70 bits per heavy atom. The molecule has 0 unspecified atom stereocenters. The third kappa shape index (κ3) is 5.28. The molecule has 3 aromatic carbocycles. The number of carbonyl (C=O) groups is 1. The lowest BCUT2D eigenvalue weighted by atomic mass is 9.87. The number of hydrogen-bond donors (Lipinski definition) is 1. The molecule has 4 aromatic rings. The molecule has 4 rings (SSSR count). The summed E-state index contributed by atoms with van der Waals surface area (Å²) < 4.78 is 42.1. The molecule has 0 radical (unpaired) electrons. The van der Waals surface area contributed by atoms with Crippen molar-refractivity contribution in [3.8, 4) is 0 Å². The maximum Gasteiger partial charge on any atom is 0.416 e. The van der Waals surface area contributed by atoms with Gasteiger partial charge in [0, 0.05) is 43.0 Å². The monoisotopic (exact) mass is 450 g/mol. The van der Waals surface area contributed by atoms with Crippen LogP contribution in [0, 0.1) is 0 Å². The molecule has 0 fully saturated rings. The second-order valence-corrected chi connectivity index (χ2v) is 8.18. The van der Waals surface area contributed by atoms with Gasteiger partial charge in [0.25, 0.3) is 0 Å². The molecule has 1 atom stereocenters. The van der Waals surface area contributed by atoms with E-state index in [1.54, 1.807) is 6.07 Å². The van der Waals surface area contributed by atoms with Crippen LogP contribution in [0.1, 0.15) is 34.6 Å². The number of hydrogen-bond acceptors (Lipinski definition) is 1. The molecule has 0 aliphatic heterocycles. The number of rotatable bonds is 7. The van der Waals surface area contributed by atoms with Crippen LogP contribution < -0.4 is 5.32 Å². The highest BCUT2D eigenvalue weighted by Crippen LogP contribution is 2.37. The standard InChI is InChI=1S/C27H25F3N2O/c1-32-18-24(22-12-5-6-13-25(22)32)23(20-10-7-11-21(16-20)27(28,29)30)17-26(33)31-15-14-19-8-3-2-4-9-19/h2-13,16,18,23H,14-15,17H2,1H3,(H,31,33)/t23-/m1/s1. The van der Waals surface area contributed by atoms with Gasteiger partial charge in [0.15, 0.2) is 0 Å². The summed E-state index contributed by atoms with van der Waals surface area (Å²) in [5, 5.41) is 3.86. The highest BCUT2D eigenvalue weighted by Gasteiger charge is 2.32. The minimum absolute atomic E-state index is 0.0596. The summed E-state index contributed by atoms with van der Waals surface area (Å²) >= 11 is 0. The fourth-order valence-electron chi connectivity index (χ4n) is 4.24. The van der Waals surface area contributed by atoms with Gasteiger partial charge in [-0.2, -0.15) is 13.2 Å². The molecule has 1 heterocycles. The highest BCUT2D eigenvalue weighted by molar-refractivity contribution is 5.86. The van der Waals surface area contributed by atoms with Gasteiger partial charge in [0.05, 0.1) is 5.56 Å². The summed E-state index contributed by atoms with van der Waals surface area (Å²) in [5.41, 5.74) is 2.68. The van der Waals surface area contributed by atoms with E-state index in [1.807, 2.05) is 72.4 Å². The van der Waals surface area contributed by atoms with Crippen LogP contribution in [0.3, 0.4) is 0 Å². The minimum atomic E-state index is -4.45. The predicted molar refractivity (Wildman–Crippen MR) is 124 cm³/mol. The van der Waals surface area contributed by atoms with Crippen LogP contribution in [0.25, 0.3) is 10.9 Å². The lowest BCUT2D eigenvalue weighted by molar-refractivity contribution is -0.137. The maximum absolute atomic E-state index is 13.4. The quantitative estimate of drug-likeness (QED) is 0.364. The SMILES string of the molecule is Cn1cc([C@H](CC(=O)NCCc2ccccc2)c2cccc(C(F)(F)F)c2)c2ccccc21. The first-order valence-corrected chi connectivity index (χ1v) is 10.8. The molecule has 170 valence electrons. The maximum atomic E-state index is 13.4. The van der Waals surface area contributed by atoms with Crippen molar-refractivity contribution in [2.45, 2.75) is 24.9 Å². The zero-order valence-electron chi connectivity index (χ0n) is 18.3. The molecular weight excluding hydrogens is 425 g/mol. The number of amides is 1. The molecule has 1 amide bonds. The van der Waals surface area contributed by atoms with Crippen LogP contribution in [0.5, 0.6) is 0 Å². The number of fused-ring (bicyclic) bond motifs is 1. The molecule has 0 aliphatic carbocycles. The fourth-order valence-corrected chi connectivity index (χ4v) is 4.24. The molecule has 0 bridgehead atoms. The fraction of sp³-hybridized carbons (Fsp3) is 0.222.